The van der Waals surface area contributed by atoms with E-state index in [4.69, 9.17) is 21.1 Å². The molecule has 1 N–H and O–H groups in total. The zero-order valence-corrected chi connectivity index (χ0v) is 14.5. The fourth-order valence-corrected chi connectivity index (χ4v) is 3.69. The van der Waals surface area contributed by atoms with E-state index in [1.54, 1.807) is 0 Å². The summed E-state index contributed by atoms with van der Waals surface area (Å²) in [5.41, 5.74) is 1.18. The van der Waals surface area contributed by atoms with Crippen molar-refractivity contribution >= 4 is 11.6 Å². The summed E-state index contributed by atoms with van der Waals surface area (Å²) in [6, 6.07) is 4.05. The number of benzene rings is 1. The van der Waals surface area contributed by atoms with Gasteiger partial charge in [-0.05, 0) is 56.3 Å². The predicted octanol–water partition coefficient (Wildman–Crippen LogP) is 3.14. The minimum Gasteiger partial charge on any atom is -0.489 e. The SMILES string of the molecule is CC(O)C1CCCN(CCc2cc(Cl)c3c(c2)OCCCO3)C1. The average Bonchev–Trinajstić information content (AvgIpc) is 2.79. The van der Waals surface area contributed by atoms with Crippen molar-refractivity contribution in [2.45, 2.75) is 38.7 Å². The largest absolute Gasteiger partial charge is 0.489 e. The normalized spacial score (nSPS) is 23.3. The number of halogens is 1. The van der Waals surface area contributed by atoms with Gasteiger partial charge in [-0.3, -0.25) is 0 Å². The summed E-state index contributed by atoms with van der Waals surface area (Å²) in [4.78, 5) is 2.44. The smallest absolute Gasteiger partial charge is 0.179 e. The van der Waals surface area contributed by atoms with Gasteiger partial charge in [0.25, 0.3) is 0 Å². The molecule has 2 heterocycles. The lowest BCUT2D eigenvalue weighted by molar-refractivity contribution is 0.0634. The third kappa shape index (κ3) is 4.31. The van der Waals surface area contributed by atoms with Gasteiger partial charge in [-0.15, -0.1) is 0 Å². The minimum absolute atomic E-state index is 0.217. The summed E-state index contributed by atoms with van der Waals surface area (Å²) in [5.74, 6) is 1.85. The molecule has 1 fully saturated rings. The monoisotopic (exact) mass is 339 g/mol. The topological polar surface area (TPSA) is 41.9 Å². The van der Waals surface area contributed by atoms with Gasteiger partial charge in [-0.25, -0.2) is 0 Å². The third-order valence-electron chi connectivity index (χ3n) is 4.80. The van der Waals surface area contributed by atoms with Crippen molar-refractivity contribution in [3.63, 3.8) is 0 Å². The summed E-state index contributed by atoms with van der Waals surface area (Å²) >= 11 is 6.35. The molecular formula is C18H26ClNO3. The van der Waals surface area contributed by atoms with Crippen molar-refractivity contribution in [2.24, 2.45) is 5.92 Å². The predicted molar refractivity (Wildman–Crippen MR) is 91.6 cm³/mol. The van der Waals surface area contributed by atoms with Crippen LogP contribution < -0.4 is 9.47 Å². The molecule has 128 valence electrons. The lowest BCUT2D eigenvalue weighted by Gasteiger charge is -2.34. The summed E-state index contributed by atoms with van der Waals surface area (Å²) < 4.78 is 11.4. The van der Waals surface area contributed by atoms with E-state index in [1.165, 1.54) is 5.56 Å². The number of aliphatic hydroxyl groups is 1. The van der Waals surface area contributed by atoms with Crippen LogP contribution >= 0.6 is 11.6 Å². The van der Waals surface area contributed by atoms with Crippen molar-refractivity contribution in [2.75, 3.05) is 32.8 Å². The van der Waals surface area contributed by atoms with Crippen LogP contribution in [0.1, 0.15) is 31.7 Å². The fourth-order valence-electron chi connectivity index (χ4n) is 3.40. The molecule has 0 aromatic heterocycles. The maximum absolute atomic E-state index is 9.80. The standard InChI is InChI=1S/C18H26ClNO3/c1-13(21)15-4-2-6-20(12-15)7-5-14-10-16(19)18-17(11-14)22-8-3-9-23-18/h10-11,13,15,21H,2-9,12H2,1H3. The summed E-state index contributed by atoms with van der Waals surface area (Å²) in [6.45, 7) is 6.31. The van der Waals surface area contributed by atoms with Crippen LogP contribution in [0.25, 0.3) is 0 Å². The molecule has 0 bridgehead atoms. The lowest BCUT2D eigenvalue weighted by atomic mass is 9.93. The number of fused-ring (bicyclic) bond motifs is 1. The Morgan fingerprint density at radius 1 is 1.30 bits per heavy atom. The van der Waals surface area contributed by atoms with E-state index in [0.29, 0.717) is 29.9 Å². The molecule has 5 heteroatoms. The molecule has 0 aliphatic carbocycles. The highest BCUT2D eigenvalue weighted by atomic mass is 35.5. The highest BCUT2D eigenvalue weighted by Gasteiger charge is 2.23. The van der Waals surface area contributed by atoms with Crippen molar-refractivity contribution < 1.29 is 14.6 Å². The van der Waals surface area contributed by atoms with E-state index in [2.05, 4.69) is 11.0 Å². The third-order valence-corrected chi connectivity index (χ3v) is 5.08. The highest BCUT2D eigenvalue weighted by molar-refractivity contribution is 6.32. The first-order chi connectivity index (χ1) is 11.1. The Morgan fingerprint density at radius 2 is 2.13 bits per heavy atom. The number of ether oxygens (including phenoxy) is 2. The van der Waals surface area contributed by atoms with Gasteiger partial charge >= 0.3 is 0 Å². The second-order valence-electron chi connectivity index (χ2n) is 6.65. The van der Waals surface area contributed by atoms with Crippen molar-refractivity contribution in [3.8, 4) is 11.5 Å². The highest BCUT2D eigenvalue weighted by Crippen LogP contribution is 2.38. The molecule has 2 atom stereocenters. The van der Waals surface area contributed by atoms with E-state index in [0.717, 1.165) is 51.1 Å². The van der Waals surface area contributed by atoms with Crippen LogP contribution in [-0.4, -0.2) is 49.0 Å². The Morgan fingerprint density at radius 3 is 2.96 bits per heavy atom. The molecule has 23 heavy (non-hydrogen) atoms. The van der Waals surface area contributed by atoms with E-state index < -0.39 is 0 Å². The van der Waals surface area contributed by atoms with E-state index >= 15 is 0 Å². The Labute approximate surface area is 143 Å². The molecule has 1 saturated heterocycles. The molecule has 1 aromatic rings. The second kappa shape index (κ2) is 7.73. The zero-order chi connectivity index (χ0) is 16.2. The fraction of sp³-hybridized carbons (Fsp3) is 0.667. The van der Waals surface area contributed by atoms with Crippen LogP contribution in [0.5, 0.6) is 11.5 Å². The summed E-state index contributed by atoms with van der Waals surface area (Å²) in [6.07, 6.45) is 3.89. The Bertz CT molecular complexity index is 535. The van der Waals surface area contributed by atoms with Gasteiger partial charge < -0.3 is 19.5 Å². The van der Waals surface area contributed by atoms with Crippen LogP contribution in [0.3, 0.4) is 0 Å². The first-order valence-electron chi connectivity index (χ1n) is 8.62. The maximum atomic E-state index is 9.80. The van der Waals surface area contributed by atoms with Crippen LogP contribution in [0, 0.1) is 5.92 Å². The van der Waals surface area contributed by atoms with Crippen molar-refractivity contribution in [1.82, 2.24) is 4.90 Å². The first kappa shape index (κ1) is 16.9. The van der Waals surface area contributed by atoms with E-state index in [1.807, 2.05) is 13.0 Å². The second-order valence-corrected chi connectivity index (χ2v) is 7.06. The molecule has 0 spiro atoms. The lowest BCUT2D eigenvalue weighted by Crippen LogP contribution is -2.40. The van der Waals surface area contributed by atoms with Crippen LogP contribution in [-0.2, 0) is 6.42 Å². The molecule has 2 aliphatic heterocycles. The molecule has 2 unspecified atom stereocenters. The molecule has 0 saturated carbocycles. The summed E-state index contributed by atoms with van der Waals surface area (Å²) in [7, 11) is 0. The maximum Gasteiger partial charge on any atom is 0.179 e. The van der Waals surface area contributed by atoms with Gasteiger partial charge in [0.15, 0.2) is 11.5 Å². The van der Waals surface area contributed by atoms with E-state index in [-0.39, 0.29) is 6.10 Å². The van der Waals surface area contributed by atoms with Crippen molar-refractivity contribution in [1.29, 1.82) is 0 Å². The van der Waals surface area contributed by atoms with Gasteiger partial charge in [0, 0.05) is 19.5 Å². The van der Waals surface area contributed by atoms with Crippen molar-refractivity contribution in [3.05, 3.63) is 22.7 Å². The van der Waals surface area contributed by atoms with Gasteiger partial charge in [-0.1, -0.05) is 11.6 Å². The minimum atomic E-state index is -0.217. The number of hydrogen-bond donors (Lipinski definition) is 1. The molecule has 2 aliphatic rings. The first-order valence-corrected chi connectivity index (χ1v) is 8.99. The number of piperidine rings is 1. The Hall–Kier alpha value is -0.970. The Kier molecular flexibility index (Phi) is 5.67. The quantitative estimate of drug-likeness (QED) is 0.915. The number of rotatable bonds is 4. The molecular weight excluding hydrogens is 314 g/mol. The summed E-state index contributed by atoms with van der Waals surface area (Å²) in [5, 5.41) is 10.4. The molecule has 4 nitrogen and oxygen atoms in total. The van der Waals surface area contributed by atoms with Crippen LogP contribution in [0.2, 0.25) is 5.02 Å². The molecule has 0 amide bonds. The molecule has 3 rings (SSSR count). The van der Waals surface area contributed by atoms with Crippen LogP contribution in [0.15, 0.2) is 12.1 Å². The van der Waals surface area contributed by atoms with Gasteiger partial charge in [0.1, 0.15) is 0 Å². The number of hydrogen-bond acceptors (Lipinski definition) is 4. The van der Waals surface area contributed by atoms with Gasteiger partial charge in [0.2, 0.25) is 0 Å². The number of likely N-dealkylation sites (tertiary alicyclic amines) is 1. The van der Waals surface area contributed by atoms with E-state index in [9.17, 15) is 5.11 Å². The van der Waals surface area contributed by atoms with Gasteiger partial charge in [0.05, 0.1) is 24.3 Å². The Balaban J connectivity index is 1.62. The number of nitrogens with zero attached hydrogens (tertiary/aromatic N) is 1. The zero-order valence-electron chi connectivity index (χ0n) is 13.8. The number of aliphatic hydroxyl groups excluding tert-OH is 1. The van der Waals surface area contributed by atoms with Crippen LogP contribution in [0.4, 0.5) is 0 Å². The molecule has 0 radical (unpaired) electrons. The van der Waals surface area contributed by atoms with Gasteiger partial charge in [-0.2, -0.15) is 0 Å². The average molecular weight is 340 g/mol. The molecule has 1 aromatic carbocycles.